The van der Waals surface area contributed by atoms with E-state index in [1.165, 1.54) is 62.6 Å². The molecular weight excluding hydrogens is 435 g/mol. The van der Waals surface area contributed by atoms with E-state index in [1.54, 1.807) is 4.90 Å². The van der Waals surface area contributed by atoms with Crippen molar-refractivity contribution in [1.82, 2.24) is 19.4 Å². The van der Waals surface area contributed by atoms with Crippen molar-refractivity contribution in [1.29, 1.82) is 0 Å². The van der Waals surface area contributed by atoms with Gasteiger partial charge in [-0.05, 0) is 48.5 Å². The molecule has 0 aliphatic carbocycles. The number of carbonyl (C=O) groups is 2. The lowest BCUT2D eigenvalue weighted by atomic mass is 10.2. The molecule has 10 heteroatoms. The quantitative estimate of drug-likeness (QED) is 0.669. The molecule has 1 aliphatic rings. The SMILES string of the molecule is CN(C)S(=O)(=O)c1ccc(C(=O)N2CCN(CCNC(=O)c3ccc(F)cc3)CC2)cc1. The van der Waals surface area contributed by atoms with Gasteiger partial charge in [-0.2, -0.15) is 0 Å². The van der Waals surface area contributed by atoms with E-state index in [0.717, 1.165) is 4.31 Å². The first-order valence-corrected chi connectivity index (χ1v) is 11.7. The number of piperazine rings is 1. The normalized spacial score (nSPS) is 15.1. The van der Waals surface area contributed by atoms with Gasteiger partial charge in [-0.3, -0.25) is 14.5 Å². The Hall–Kier alpha value is -2.82. The molecule has 1 N–H and O–H groups in total. The predicted molar refractivity (Wildman–Crippen MR) is 118 cm³/mol. The second-order valence-corrected chi connectivity index (χ2v) is 9.86. The van der Waals surface area contributed by atoms with E-state index in [9.17, 15) is 22.4 Å². The van der Waals surface area contributed by atoms with Crippen LogP contribution in [0.3, 0.4) is 0 Å². The van der Waals surface area contributed by atoms with Crippen LogP contribution in [0.1, 0.15) is 20.7 Å². The maximum atomic E-state index is 12.9. The number of nitrogens with zero attached hydrogens (tertiary/aromatic N) is 3. The number of nitrogens with one attached hydrogen (secondary N) is 1. The zero-order valence-electron chi connectivity index (χ0n) is 18.1. The van der Waals surface area contributed by atoms with Gasteiger partial charge in [0.2, 0.25) is 10.0 Å². The Morgan fingerprint density at radius 3 is 2.06 bits per heavy atom. The van der Waals surface area contributed by atoms with E-state index in [0.29, 0.717) is 50.4 Å². The molecule has 2 aromatic carbocycles. The van der Waals surface area contributed by atoms with Crippen molar-refractivity contribution in [2.45, 2.75) is 4.90 Å². The van der Waals surface area contributed by atoms with E-state index >= 15 is 0 Å². The molecule has 1 aliphatic heterocycles. The molecule has 2 aromatic rings. The summed E-state index contributed by atoms with van der Waals surface area (Å²) in [5.74, 6) is -0.773. The molecule has 0 unspecified atom stereocenters. The van der Waals surface area contributed by atoms with Crippen LogP contribution in [0.4, 0.5) is 4.39 Å². The van der Waals surface area contributed by atoms with Gasteiger partial charge in [-0.15, -0.1) is 0 Å². The third kappa shape index (κ3) is 5.70. The molecule has 0 bridgehead atoms. The lowest BCUT2D eigenvalue weighted by Gasteiger charge is -2.34. The van der Waals surface area contributed by atoms with Gasteiger partial charge in [-0.25, -0.2) is 17.1 Å². The highest BCUT2D eigenvalue weighted by molar-refractivity contribution is 7.89. The zero-order valence-corrected chi connectivity index (χ0v) is 18.9. The molecule has 3 rings (SSSR count). The Balaban J connectivity index is 1.45. The van der Waals surface area contributed by atoms with Crippen LogP contribution in [0, 0.1) is 5.82 Å². The summed E-state index contributed by atoms with van der Waals surface area (Å²) in [5, 5.41) is 2.81. The zero-order chi connectivity index (χ0) is 23.3. The molecule has 0 radical (unpaired) electrons. The number of halogens is 1. The number of amides is 2. The molecule has 0 atom stereocenters. The third-order valence-electron chi connectivity index (χ3n) is 5.36. The molecule has 0 spiro atoms. The molecule has 1 heterocycles. The first-order valence-electron chi connectivity index (χ1n) is 10.3. The molecule has 0 saturated carbocycles. The first kappa shape index (κ1) is 23.8. The fourth-order valence-electron chi connectivity index (χ4n) is 3.37. The smallest absolute Gasteiger partial charge is 0.253 e. The Morgan fingerprint density at radius 2 is 1.50 bits per heavy atom. The van der Waals surface area contributed by atoms with Crippen molar-refractivity contribution in [3.8, 4) is 0 Å². The number of benzene rings is 2. The van der Waals surface area contributed by atoms with Crippen molar-refractivity contribution in [3.63, 3.8) is 0 Å². The average Bonchev–Trinajstić information content (AvgIpc) is 2.79. The van der Waals surface area contributed by atoms with Gasteiger partial charge >= 0.3 is 0 Å². The molecule has 32 heavy (non-hydrogen) atoms. The lowest BCUT2D eigenvalue weighted by molar-refractivity contribution is 0.0638. The summed E-state index contributed by atoms with van der Waals surface area (Å²) in [6.45, 7) is 3.53. The number of hydrogen-bond donors (Lipinski definition) is 1. The van der Waals surface area contributed by atoms with Gasteiger partial charge in [-0.1, -0.05) is 0 Å². The highest BCUT2D eigenvalue weighted by Crippen LogP contribution is 2.16. The summed E-state index contributed by atoms with van der Waals surface area (Å²) >= 11 is 0. The summed E-state index contributed by atoms with van der Waals surface area (Å²) in [4.78, 5) is 28.9. The summed E-state index contributed by atoms with van der Waals surface area (Å²) in [5.41, 5.74) is 0.855. The van der Waals surface area contributed by atoms with Crippen LogP contribution in [-0.4, -0.2) is 87.7 Å². The van der Waals surface area contributed by atoms with E-state index in [4.69, 9.17) is 0 Å². The standard InChI is InChI=1S/C22H27FN4O4S/c1-25(2)32(30,31)20-9-5-18(6-10-20)22(29)27-15-13-26(14-16-27)12-11-24-21(28)17-3-7-19(23)8-4-17/h3-10H,11-16H2,1-2H3,(H,24,28). The number of sulfonamides is 1. The van der Waals surface area contributed by atoms with Crippen LogP contribution in [0.2, 0.25) is 0 Å². The minimum absolute atomic E-state index is 0.136. The number of hydrogen-bond acceptors (Lipinski definition) is 5. The maximum absolute atomic E-state index is 12.9. The fraction of sp³-hybridized carbons (Fsp3) is 0.364. The van der Waals surface area contributed by atoms with E-state index < -0.39 is 10.0 Å². The monoisotopic (exact) mass is 462 g/mol. The van der Waals surface area contributed by atoms with Gasteiger partial charge in [0, 0.05) is 64.5 Å². The molecule has 1 fully saturated rings. The lowest BCUT2D eigenvalue weighted by Crippen LogP contribution is -2.50. The van der Waals surface area contributed by atoms with Crippen molar-refractivity contribution in [3.05, 3.63) is 65.5 Å². The van der Waals surface area contributed by atoms with Crippen LogP contribution in [0.5, 0.6) is 0 Å². The number of carbonyl (C=O) groups excluding carboxylic acids is 2. The van der Waals surface area contributed by atoms with Gasteiger partial charge in [0.15, 0.2) is 0 Å². The van der Waals surface area contributed by atoms with E-state index in [1.807, 2.05) is 0 Å². The molecule has 1 saturated heterocycles. The summed E-state index contributed by atoms with van der Waals surface area (Å²) < 4.78 is 38.4. The first-order chi connectivity index (χ1) is 15.2. The van der Waals surface area contributed by atoms with Gasteiger partial charge in [0.25, 0.3) is 11.8 Å². The fourth-order valence-corrected chi connectivity index (χ4v) is 4.27. The van der Waals surface area contributed by atoms with Gasteiger partial charge in [0.05, 0.1) is 4.90 Å². The van der Waals surface area contributed by atoms with E-state index in [-0.39, 0.29) is 22.5 Å². The Bertz CT molecular complexity index is 1050. The minimum atomic E-state index is -3.53. The van der Waals surface area contributed by atoms with Crippen LogP contribution >= 0.6 is 0 Å². The summed E-state index contributed by atoms with van der Waals surface area (Å²) in [7, 11) is -0.610. The van der Waals surface area contributed by atoms with Crippen LogP contribution in [-0.2, 0) is 10.0 Å². The predicted octanol–water partition coefficient (Wildman–Crippen LogP) is 1.26. The van der Waals surface area contributed by atoms with Crippen molar-refractivity contribution in [2.24, 2.45) is 0 Å². The van der Waals surface area contributed by atoms with E-state index in [2.05, 4.69) is 10.2 Å². The second kappa shape index (κ2) is 10.2. The molecule has 2 amide bonds. The molecular formula is C22H27FN4O4S. The largest absolute Gasteiger partial charge is 0.351 e. The maximum Gasteiger partial charge on any atom is 0.253 e. The van der Waals surface area contributed by atoms with Gasteiger partial charge in [0.1, 0.15) is 5.82 Å². The van der Waals surface area contributed by atoms with Crippen LogP contribution in [0.15, 0.2) is 53.4 Å². The Morgan fingerprint density at radius 1 is 0.938 bits per heavy atom. The Kier molecular flexibility index (Phi) is 7.60. The molecule has 172 valence electrons. The third-order valence-corrected chi connectivity index (χ3v) is 7.19. The van der Waals surface area contributed by atoms with Crippen LogP contribution < -0.4 is 5.32 Å². The minimum Gasteiger partial charge on any atom is -0.351 e. The number of rotatable bonds is 7. The second-order valence-electron chi connectivity index (χ2n) is 7.71. The Labute approximate surface area is 187 Å². The highest BCUT2D eigenvalue weighted by Gasteiger charge is 2.23. The molecule has 8 nitrogen and oxygen atoms in total. The topological polar surface area (TPSA) is 90.0 Å². The molecule has 0 aromatic heterocycles. The summed E-state index contributed by atoms with van der Waals surface area (Å²) in [6.07, 6.45) is 0. The summed E-state index contributed by atoms with van der Waals surface area (Å²) in [6, 6.07) is 11.4. The van der Waals surface area contributed by atoms with Crippen molar-refractivity contribution in [2.75, 3.05) is 53.4 Å². The van der Waals surface area contributed by atoms with Crippen molar-refractivity contribution >= 4 is 21.8 Å². The average molecular weight is 463 g/mol. The van der Waals surface area contributed by atoms with Gasteiger partial charge < -0.3 is 10.2 Å². The van der Waals surface area contributed by atoms with Crippen molar-refractivity contribution < 1.29 is 22.4 Å². The van der Waals surface area contributed by atoms with Crippen LogP contribution in [0.25, 0.3) is 0 Å². The highest BCUT2D eigenvalue weighted by atomic mass is 32.2.